The zero-order chi connectivity index (χ0) is 12.3. The molecule has 0 heterocycles. The molecule has 1 aliphatic carbocycles. The Hall–Kier alpha value is -1.33. The van der Waals surface area contributed by atoms with Crippen LogP contribution in [-0.4, -0.2) is 13.7 Å². The second kappa shape index (κ2) is 4.89. The van der Waals surface area contributed by atoms with Crippen LogP contribution in [0.4, 0.5) is 0 Å². The predicted molar refractivity (Wildman–Crippen MR) is 67.7 cm³/mol. The summed E-state index contributed by atoms with van der Waals surface area (Å²) in [6.07, 6.45) is 3.14. The van der Waals surface area contributed by atoms with E-state index in [4.69, 9.17) is 4.74 Å². The number of benzene rings is 1. The lowest BCUT2D eigenvalue weighted by atomic mass is 9.64. The van der Waals surface area contributed by atoms with Crippen molar-refractivity contribution in [2.45, 2.75) is 31.6 Å². The highest BCUT2D eigenvalue weighted by atomic mass is 16.5. The van der Waals surface area contributed by atoms with E-state index in [1.807, 2.05) is 6.07 Å². The number of ether oxygens (including phenoxy) is 1. The van der Waals surface area contributed by atoms with Crippen LogP contribution in [0.1, 0.15) is 30.9 Å². The van der Waals surface area contributed by atoms with Crippen molar-refractivity contribution in [1.29, 1.82) is 5.26 Å². The summed E-state index contributed by atoms with van der Waals surface area (Å²) in [7, 11) is 1.70. The average molecular weight is 229 g/mol. The van der Waals surface area contributed by atoms with Crippen molar-refractivity contribution >= 4 is 0 Å². The molecule has 0 saturated heterocycles. The van der Waals surface area contributed by atoms with Crippen molar-refractivity contribution in [2.24, 2.45) is 5.92 Å². The van der Waals surface area contributed by atoms with Gasteiger partial charge in [0.1, 0.15) is 0 Å². The molecular weight excluding hydrogens is 210 g/mol. The molecule has 1 aromatic carbocycles. The zero-order valence-electron chi connectivity index (χ0n) is 10.6. The molecule has 0 aromatic heterocycles. The second-order valence-electron chi connectivity index (χ2n) is 4.95. The van der Waals surface area contributed by atoms with Gasteiger partial charge in [-0.1, -0.05) is 31.2 Å². The quantitative estimate of drug-likeness (QED) is 0.798. The maximum atomic E-state index is 9.68. The number of nitriles is 1. The lowest BCUT2D eigenvalue weighted by molar-refractivity contribution is 0.124. The third-order valence-corrected chi connectivity index (χ3v) is 3.97. The van der Waals surface area contributed by atoms with Crippen LogP contribution >= 0.6 is 0 Å². The molecule has 2 unspecified atom stereocenters. The molecule has 1 aromatic rings. The minimum absolute atomic E-state index is 0.235. The van der Waals surface area contributed by atoms with Gasteiger partial charge in [0.2, 0.25) is 0 Å². The Balaban J connectivity index is 2.46. The van der Waals surface area contributed by atoms with Crippen molar-refractivity contribution in [1.82, 2.24) is 0 Å². The molecule has 2 rings (SSSR count). The monoisotopic (exact) mass is 229 g/mol. The number of hydrogen-bond acceptors (Lipinski definition) is 2. The maximum absolute atomic E-state index is 9.68. The Labute approximate surface area is 103 Å². The minimum atomic E-state index is -0.356. The van der Waals surface area contributed by atoms with Crippen molar-refractivity contribution in [3.8, 4) is 6.07 Å². The maximum Gasteiger partial charge on any atom is 0.0872 e. The van der Waals surface area contributed by atoms with Crippen LogP contribution in [0.5, 0.6) is 0 Å². The summed E-state index contributed by atoms with van der Waals surface area (Å²) >= 11 is 0. The zero-order valence-corrected chi connectivity index (χ0v) is 10.6. The van der Waals surface area contributed by atoms with Gasteiger partial charge in [-0.25, -0.2) is 0 Å². The SMILES string of the molecule is COCC(C)C1(C#N)CCCc2ccccc21. The molecule has 0 aliphatic heterocycles. The van der Waals surface area contributed by atoms with E-state index in [0.29, 0.717) is 6.61 Å². The van der Waals surface area contributed by atoms with Gasteiger partial charge in [-0.3, -0.25) is 0 Å². The van der Waals surface area contributed by atoms with E-state index in [-0.39, 0.29) is 11.3 Å². The van der Waals surface area contributed by atoms with Gasteiger partial charge in [-0.15, -0.1) is 0 Å². The Morgan fingerprint density at radius 2 is 2.24 bits per heavy atom. The second-order valence-corrected chi connectivity index (χ2v) is 4.95. The minimum Gasteiger partial charge on any atom is -0.384 e. The van der Waals surface area contributed by atoms with Gasteiger partial charge in [0.05, 0.1) is 18.1 Å². The first-order chi connectivity index (χ1) is 8.24. The van der Waals surface area contributed by atoms with Gasteiger partial charge >= 0.3 is 0 Å². The summed E-state index contributed by atoms with van der Waals surface area (Å²) in [6.45, 7) is 2.76. The molecule has 2 nitrogen and oxygen atoms in total. The standard InChI is InChI=1S/C15H19NO/c1-12(10-17-2)15(11-16)9-5-7-13-6-3-4-8-14(13)15/h3-4,6,8,12H,5,7,9-10H2,1-2H3. The van der Waals surface area contributed by atoms with Crippen LogP contribution in [-0.2, 0) is 16.6 Å². The molecule has 0 saturated carbocycles. The summed E-state index contributed by atoms with van der Waals surface area (Å²) in [4.78, 5) is 0. The van der Waals surface area contributed by atoms with Gasteiger partial charge in [0.25, 0.3) is 0 Å². The van der Waals surface area contributed by atoms with Crippen LogP contribution in [0.25, 0.3) is 0 Å². The molecule has 0 N–H and O–H groups in total. The lowest BCUT2D eigenvalue weighted by Gasteiger charge is -2.37. The molecule has 90 valence electrons. The van der Waals surface area contributed by atoms with Crippen LogP contribution in [0.15, 0.2) is 24.3 Å². The normalized spacial score (nSPS) is 24.8. The molecule has 0 fully saturated rings. The number of hydrogen-bond donors (Lipinski definition) is 0. The average Bonchev–Trinajstić information content (AvgIpc) is 2.38. The van der Waals surface area contributed by atoms with Crippen molar-refractivity contribution in [2.75, 3.05) is 13.7 Å². The van der Waals surface area contributed by atoms with E-state index in [0.717, 1.165) is 19.3 Å². The highest BCUT2D eigenvalue weighted by Crippen LogP contribution is 2.42. The molecule has 0 bridgehead atoms. The van der Waals surface area contributed by atoms with E-state index >= 15 is 0 Å². The number of methoxy groups -OCH3 is 1. The van der Waals surface area contributed by atoms with Crippen LogP contribution in [0, 0.1) is 17.2 Å². The fraction of sp³-hybridized carbons (Fsp3) is 0.533. The first-order valence-corrected chi connectivity index (χ1v) is 6.23. The highest BCUT2D eigenvalue weighted by Gasteiger charge is 2.41. The topological polar surface area (TPSA) is 33.0 Å². The summed E-state index contributed by atoms with van der Waals surface area (Å²) in [6, 6.07) is 10.9. The Bertz CT molecular complexity index is 435. The third kappa shape index (κ3) is 1.96. The first-order valence-electron chi connectivity index (χ1n) is 6.23. The van der Waals surface area contributed by atoms with Crippen LogP contribution < -0.4 is 0 Å². The fourth-order valence-corrected chi connectivity index (χ4v) is 3.00. The van der Waals surface area contributed by atoms with E-state index in [2.05, 4.69) is 31.2 Å². The Morgan fingerprint density at radius 1 is 1.47 bits per heavy atom. The van der Waals surface area contributed by atoms with E-state index in [9.17, 15) is 5.26 Å². The van der Waals surface area contributed by atoms with Gasteiger partial charge in [0, 0.05) is 13.0 Å². The van der Waals surface area contributed by atoms with Gasteiger partial charge < -0.3 is 4.74 Å². The molecule has 0 amide bonds. The van der Waals surface area contributed by atoms with Crippen molar-refractivity contribution < 1.29 is 4.74 Å². The largest absolute Gasteiger partial charge is 0.384 e. The summed E-state index contributed by atoms with van der Waals surface area (Å²) in [5.74, 6) is 0.235. The summed E-state index contributed by atoms with van der Waals surface area (Å²) in [5, 5.41) is 9.68. The summed E-state index contributed by atoms with van der Waals surface area (Å²) < 4.78 is 5.25. The lowest BCUT2D eigenvalue weighted by Crippen LogP contribution is -2.38. The number of nitrogens with zero attached hydrogens (tertiary/aromatic N) is 1. The van der Waals surface area contributed by atoms with Gasteiger partial charge in [0.15, 0.2) is 0 Å². The number of aryl methyl sites for hydroxylation is 1. The van der Waals surface area contributed by atoms with Crippen molar-refractivity contribution in [3.63, 3.8) is 0 Å². The molecule has 2 heteroatoms. The smallest absolute Gasteiger partial charge is 0.0872 e. The molecule has 0 radical (unpaired) electrons. The van der Waals surface area contributed by atoms with E-state index in [1.165, 1.54) is 11.1 Å². The number of fused-ring (bicyclic) bond motifs is 1. The van der Waals surface area contributed by atoms with Crippen molar-refractivity contribution in [3.05, 3.63) is 35.4 Å². The molecule has 1 aliphatic rings. The Morgan fingerprint density at radius 3 is 2.94 bits per heavy atom. The van der Waals surface area contributed by atoms with Crippen LogP contribution in [0.3, 0.4) is 0 Å². The fourth-order valence-electron chi connectivity index (χ4n) is 3.00. The highest BCUT2D eigenvalue weighted by molar-refractivity contribution is 5.42. The summed E-state index contributed by atoms with van der Waals surface area (Å²) in [5.41, 5.74) is 2.20. The number of rotatable bonds is 3. The Kier molecular flexibility index (Phi) is 3.49. The van der Waals surface area contributed by atoms with Crippen LogP contribution in [0.2, 0.25) is 0 Å². The van der Waals surface area contributed by atoms with Gasteiger partial charge in [-0.2, -0.15) is 5.26 Å². The van der Waals surface area contributed by atoms with E-state index < -0.39 is 0 Å². The predicted octanol–water partition coefficient (Wildman–Crippen LogP) is 3.07. The molecule has 17 heavy (non-hydrogen) atoms. The molecule has 0 spiro atoms. The first kappa shape index (κ1) is 12.1. The molecule has 2 atom stereocenters. The van der Waals surface area contributed by atoms with E-state index in [1.54, 1.807) is 7.11 Å². The van der Waals surface area contributed by atoms with Gasteiger partial charge in [-0.05, 0) is 30.4 Å². The molecular formula is C15H19NO. The third-order valence-electron chi connectivity index (χ3n) is 3.97.